The van der Waals surface area contributed by atoms with Crippen LogP contribution in [0.25, 0.3) is 22.2 Å². The molecule has 3 rings (SSSR count). The van der Waals surface area contributed by atoms with E-state index in [4.69, 9.17) is 4.74 Å². The average Bonchev–Trinajstić information content (AvgIpc) is 2.55. The first-order chi connectivity index (χ1) is 12.2. The van der Waals surface area contributed by atoms with E-state index >= 15 is 0 Å². The van der Waals surface area contributed by atoms with Crippen LogP contribution in [-0.4, -0.2) is 16.7 Å². The van der Waals surface area contributed by atoms with Crippen LogP contribution in [0.1, 0.15) is 26.3 Å². The summed E-state index contributed by atoms with van der Waals surface area (Å²) in [5.74, 6) is -0.306. The van der Waals surface area contributed by atoms with Crippen molar-refractivity contribution in [1.29, 1.82) is 0 Å². The van der Waals surface area contributed by atoms with Gasteiger partial charge in [-0.15, -0.1) is 0 Å². The van der Waals surface area contributed by atoms with Crippen LogP contribution in [0.2, 0.25) is 0 Å². The summed E-state index contributed by atoms with van der Waals surface area (Å²) in [5, 5.41) is 3.23. The van der Waals surface area contributed by atoms with Crippen molar-refractivity contribution < 1.29 is 13.9 Å². The molecule has 0 radical (unpaired) electrons. The van der Waals surface area contributed by atoms with Crippen molar-refractivity contribution in [3.05, 3.63) is 59.9 Å². The van der Waals surface area contributed by atoms with Gasteiger partial charge in [-0.1, -0.05) is 18.2 Å². The molecule has 1 heterocycles. The van der Waals surface area contributed by atoms with E-state index in [0.29, 0.717) is 22.3 Å². The minimum absolute atomic E-state index is 0.306. The lowest BCUT2D eigenvalue weighted by Crippen LogP contribution is -2.27. The van der Waals surface area contributed by atoms with Gasteiger partial charge in [0.1, 0.15) is 11.4 Å². The zero-order valence-corrected chi connectivity index (χ0v) is 15.3. The van der Waals surface area contributed by atoms with Gasteiger partial charge in [-0.3, -0.25) is 5.32 Å². The lowest BCUT2D eigenvalue weighted by molar-refractivity contribution is 0.0636. The molecule has 5 heteroatoms. The van der Waals surface area contributed by atoms with Crippen LogP contribution >= 0.6 is 0 Å². The molecule has 0 fully saturated rings. The van der Waals surface area contributed by atoms with Crippen LogP contribution in [0, 0.1) is 12.7 Å². The van der Waals surface area contributed by atoms with E-state index in [-0.39, 0.29) is 5.82 Å². The zero-order valence-electron chi connectivity index (χ0n) is 15.3. The number of carbonyl (C=O) groups excluding carboxylic acids is 1. The molecule has 0 aliphatic heterocycles. The van der Waals surface area contributed by atoms with Crippen LogP contribution in [0.4, 0.5) is 14.9 Å². The summed E-state index contributed by atoms with van der Waals surface area (Å²) in [5.41, 5.74) is 2.85. The molecule has 0 atom stereocenters. The molecular formula is C21H21FN2O2. The van der Waals surface area contributed by atoms with Gasteiger partial charge in [-0.25, -0.2) is 14.2 Å². The first-order valence-electron chi connectivity index (χ1n) is 8.39. The second-order valence-electron chi connectivity index (χ2n) is 7.16. The molecule has 1 amide bonds. The van der Waals surface area contributed by atoms with Gasteiger partial charge >= 0.3 is 6.09 Å². The van der Waals surface area contributed by atoms with Gasteiger partial charge in [0.05, 0.1) is 11.2 Å². The Morgan fingerprint density at radius 3 is 2.54 bits per heavy atom. The minimum Gasteiger partial charge on any atom is -0.444 e. The number of halogens is 1. The van der Waals surface area contributed by atoms with Crippen LogP contribution in [0.5, 0.6) is 0 Å². The van der Waals surface area contributed by atoms with Gasteiger partial charge in [0, 0.05) is 22.7 Å². The first-order valence-corrected chi connectivity index (χ1v) is 8.39. The number of nitrogens with zero attached hydrogens (tertiary/aromatic N) is 1. The molecule has 2 aromatic carbocycles. The van der Waals surface area contributed by atoms with Crippen molar-refractivity contribution in [1.82, 2.24) is 4.98 Å². The topological polar surface area (TPSA) is 51.2 Å². The van der Waals surface area contributed by atoms with Crippen molar-refractivity contribution >= 4 is 22.7 Å². The number of carbonyl (C=O) groups is 1. The largest absolute Gasteiger partial charge is 0.444 e. The number of fused-ring (bicyclic) bond motifs is 1. The monoisotopic (exact) mass is 352 g/mol. The first kappa shape index (κ1) is 17.9. The number of hydrogen-bond donors (Lipinski definition) is 1. The third-order valence-electron chi connectivity index (χ3n) is 3.82. The molecule has 0 saturated carbocycles. The van der Waals surface area contributed by atoms with Gasteiger partial charge < -0.3 is 4.74 Å². The molecule has 4 nitrogen and oxygen atoms in total. The van der Waals surface area contributed by atoms with Gasteiger partial charge in [0.15, 0.2) is 0 Å². The second-order valence-corrected chi connectivity index (χ2v) is 7.16. The van der Waals surface area contributed by atoms with Gasteiger partial charge in [-0.2, -0.15) is 0 Å². The number of aryl methyl sites for hydroxylation is 1. The molecule has 0 bridgehead atoms. The van der Waals surface area contributed by atoms with Crippen LogP contribution in [0.15, 0.2) is 48.5 Å². The maximum atomic E-state index is 14.3. The summed E-state index contributed by atoms with van der Waals surface area (Å²) < 4.78 is 19.6. The van der Waals surface area contributed by atoms with Crippen molar-refractivity contribution in [2.75, 3.05) is 5.32 Å². The van der Waals surface area contributed by atoms with Crippen LogP contribution in [-0.2, 0) is 4.74 Å². The molecule has 1 aromatic heterocycles. The highest BCUT2D eigenvalue weighted by Crippen LogP contribution is 2.27. The molecule has 0 aliphatic carbocycles. The number of anilines is 1. The van der Waals surface area contributed by atoms with Crippen molar-refractivity contribution in [2.24, 2.45) is 0 Å². The average molecular weight is 352 g/mol. The van der Waals surface area contributed by atoms with Crippen molar-refractivity contribution in [3.63, 3.8) is 0 Å². The summed E-state index contributed by atoms with van der Waals surface area (Å²) in [7, 11) is 0. The highest BCUT2D eigenvalue weighted by molar-refractivity contribution is 5.87. The Morgan fingerprint density at radius 2 is 1.85 bits per heavy atom. The van der Waals surface area contributed by atoms with E-state index in [0.717, 1.165) is 11.1 Å². The zero-order chi connectivity index (χ0) is 18.9. The Morgan fingerprint density at radius 1 is 1.12 bits per heavy atom. The number of nitrogens with one attached hydrogen (secondary N) is 1. The summed E-state index contributed by atoms with van der Waals surface area (Å²) in [6, 6.07) is 14.0. The van der Waals surface area contributed by atoms with E-state index in [1.807, 2.05) is 39.8 Å². The summed E-state index contributed by atoms with van der Waals surface area (Å²) >= 11 is 0. The number of ether oxygens (including phenoxy) is 1. The Balaban J connectivity index is 1.89. The van der Waals surface area contributed by atoms with Gasteiger partial charge in [-0.05, 0) is 57.5 Å². The Hall–Kier alpha value is -2.95. The molecule has 26 heavy (non-hydrogen) atoms. The van der Waals surface area contributed by atoms with Crippen LogP contribution in [0.3, 0.4) is 0 Å². The third-order valence-corrected chi connectivity index (χ3v) is 3.82. The number of aromatic nitrogens is 1. The molecule has 0 saturated heterocycles. The summed E-state index contributed by atoms with van der Waals surface area (Å²) in [4.78, 5) is 16.5. The highest BCUT2D eigenvalue weighted by Gasteiger charge is 2.17. The van der Waals surface area contributed by atoms with Crippen molar-refractivity contribution in [3.8, 4) is 11.3 Å². The normalized spacial score (nSPS) is 11.4. The number of hydrogen-bond acceptors (Lipinski definition) is 3. The lowest BCUT2D eigenvalue weighted by atomic mass is 10.1. The molecule has 1 N–H and O–H groups in total. The maximum Gasteiger partial charge on any atom is 0.412 e. The quantitative estimate of drug-likeness (QED) is 0.644. The molecule has 134 valence electrons. The fraction of sp³-hybridized carbons (Fsp3) is 0.238. The Bertz CT molecular complexity index is 977. The van der Waals surface area contributed by atoms with E-state index in [9.17, 15) is 9.18 Å². The van der Waals surface area contributed by atoms with E-state index in [2.05, 4.69) is 10.3 Å². The SMILES string of the molecule is Cc1cc(-c2cc(F)c3ccccc3n2)ccc1NC(=O)OC(C)(C)C. The minimum atomic E-state index is -0.565. The lowest BCUT2D eigenvalue weighted by Gasteiger charge is -2.20. The summed E-state index contributed by atoms with van der Waals surface area (Å²) in [6.45, 7) is 7.29. The third kappa shape index (κ3) is 3.99. The molecule has 0 spiro atoms. The standard InChI is InChI=1S/C21H21FN2O2/c1-13-11-14(9-10-17(13)24-20(25)26-21(2,3)4)19-12-16(22)15-7-5-6-8-18(15)23-19/h5-12H,1-4H3,(H,24,25). The number of para-hydroxylation sites is 1. The fourth-order valence-electron chi connectivity index (χ4n) is 2.66. The molecule has 0 aliphatic rings. The van der Waals surface area contributed by atoms with Crippen molar-refractivity contribution in [2.45, 2.75) is 33.3 Å². The number of benzene rings is 2. The second kappa shape index (κ2) is 6.75. The molecule has 3 aromatic rings. The Labute approximate surface area is 152 Å². The summed E-state index contributed by atoms with van der Waals surface area (Å²) in [6.07, 6.45) is -0.511. The smallest absolute Gasteiger partial charge is 0.412 e. The maximum absolute atomic E-state index is 14.3. The number of rotatable bonds is 2. The fourth-order valence-corrected chi connectivity index (χ4v) is 2.66. The van der Waals surface area contributed by atoms with Gasteiger partial charge in [0.25, 0.3) is 0 Å². The number of amides is 1. The van der Waals surface area contributed by atoms with E-state index < -0.39 is 11.7 Å². The van der Waals surface area contributed by atoms with Crippen LogP contribution < -0.4 is 5.32 Å². The predicted molar refractivity (Wildman–Crippen MR) is 102 cm³/mol. The highest BCUT2D eigenvalue weighted by atomic mass is 19.1. The van der Waals surface area contributed by atoms with E-state index in [1.165, 1.54) is 6.07 Å². The van der Waals surface area contributed by atoms with Gasteiger partial charge in [0.2, 0.25) is 0 Å². The predicted octanol–water partition coefficient (Wildman–Crippen LogP) is 5.70. The molecular weight excluding hydrogens is 331 g/mol. The number of pyridine rings is 1. The molecule has 0 unspecified atom stereocenters. The van der Waals surface area contributed by atoms with E-state index in [1.54, 1.807) is 30.3 Å². The Kier molecular flexibility index (Phi) is 4.64.